The Morgan fingerprint density at radius 2 is 2.07 bits per heavy atom. The van der Waals surface area contributed by atoms with E-state index in [4.69, 9.17) is 4.74 Å². The minimum Gasteiger partial charge on any atom is -0.497 e. The minimum absolute atomic E-state index is 0.0175. The number of carbonyl (C=O) groups excluding carboxylic acids is 1. The third-order valence-electron chi connectivity index (χ3n) is 1.77. The van der Waals surface area contributed by atoms with Crippen LogP contribution in [0.5, 0.6) is 5.75 Å². The van der Waals surface area contributed by atoms with Crippen molar-refractivity contribution in [3.63, 3.8) is 0 Å². The second-order valence-corrected chi connectivity index (χ2v) is 3.32. The van der Waals surface area contributed by atoms with Gasteiger partial charge in [0.1, 0.15) is 5.75 Å². The fraction of sp³-hybridized carbons (Fsp3) is 0.250. The molecule has 0 aromatic heterocycles. The maximum Gasteiger partial charge on any atom is 0.185 e. The highest BCUT2D eigenvalue weighted by atomic mass is 16.5. The zero-order chi connectivity index (χ0) is 10.6. The number of hydrogen-bond acceptors (Lipinski definition) is 2. The third kappa shape index (κ3) is 2.73. The van der Waals surface area contributed by atoms with Crippen LogP contribution in [0.15, 0.2) is 35.9 Å². The van der Waals surface area contributed by atoms with Crippen LogP contribution in [0.2, 0.25) is 0 Å². The first-order chi connectivity index (χ1) is 6.63. The molecule has 74 valence electrons. The molecule has 1 rings (SSSR count). The SMILES string of the molecule is COc1cccc(C(=O)C=C(C)C)c1. The van der Waals surface area contributed by atoms with Crippen molar-refractivity contribution in [1.29, 1.82) is 0 Å². The van der Waals surface area contributed by atoms with Crippen molar-refractivity contribution in [3.05, 3.63) is 41.5 Å². The molecule has 2 heteroatoms. The molecule has 0 heterocycles. The molecule has 0 aliphatic rings. The molecule has 0 aliphatic heterocycles. The number of ether oxygens (including phenoxy) is 1. The number of carbonyl (C=O) groups is 1. The summed E-state index contributed by atoms with van der Waals surface area (Å²) >= 11 is 0. The van der Waals surface area contributed by atoms with Gasteiger partial charge >= 0.3 is 0 Å². The Morgan fingerprint density at radius 1 is 1.36 bits per heavy atom. The van der Waals surface area contributed by atoms with Gasteiger partial charge in [0.2, 0.25) is 0 Å². The lowest BCUT2D eigenvalue weighted by Gasteiger charge is -2.01. The van der Waals surface area contributed by atoms with E-state index in [-0.39, 0.29) is 5.78 Å². The van der Waals surface area contributed by atoms with E-state index in [2.05, 4.69) is 0 Å². The minimum atomic E-state index is 0.0175. The van der Waals surface area contributed by atoms with Crippen molar-refractivity contribution in [1.82, 2.24) is 0 Å². The van der Waals surface area contributed by atoms with Crippen LogP contribution in [0.3, 0.4) is 0 Å². The number of benzene rings is 1. The summed E-state index contributed by atoms with van der Waals surface area (Å²) in [7, 11) is 1.59. The summed E-state index contributed by atoms with van der Waals surface area (Å²) in [5.41, 5.74) is 1.66. The molecule has 14 heavy (non-hydrogen) atoms. The number of rotatable bonds is 3. The van der Waals surface area contributed by atoms with Crippen LogP contribution in [-0.2, 0) is 0 Å². The van der Waals surface area contributed by atoms with Gasteiger partial charge in [-0.2, -0.15) is 0 Å². The number of ketones is 1. The monoisotopic (exact) mass is 190 g/mol. The van der Waals surface area contributed by atoms with Crippen LogP contribution in [0.25, 0.3) is 0 Å². The fourth-order valence-corrected chi connectivity index (χ4v) is 1.12. The summed E-state index contributed by atoms with van der Waals surface area (Å²) in [5.74, 6) is 0.724. The first kappa shape index (κ1) is 10.5. The van der Waals surface area contributed by atoms with E-state index in [1.807, 2.05) is 26.0 Å². The summed E-state index contributed by atoms with van der Waals surface area (Å²) in [6.07, 6.45) is 1.62. The average Bonchev–Trinajstić information content (AvgIpc) is 2.17. The predicted molar refractivity (Wildman–Crippen MR) is 56.8 cm³/mol. The van der Waals surface area contributed by atoms with Crippen molar-refractivity contribution in [2.24, 2.45) is 0 Å². The topological polar surface area (TPSA) is 26.3 Å². The zero-order valence-electron chi connectivity index (χ0n) is 8.70. The fourth-order valence-electron chi connectivity index (χ4n) is 1.12. The van der Waals surface area contributed by atoms with Gasteiger partial charge in [0.25, 0.3) is 0 Å². The van der Waals surface area contributed by atoms with E-state index in [1.54, 1.807) is 25.3 Å². The molecular formula is C12H14O2. The van der Waals surface area contributed by atoms with E-state index in [1.165, 1.54) is 0 Å². The average molecular weight is 190 g/mol. The van der Waals surface area contributed by atoms with Crippen LogP contribution in [-0.4, -0.2) is 12.9 Å². The molecule has 0 N–H and O–H groups in total. The summed E-state index contributed by atoms with van der Waals surface area (Å²) in [6.45, 7) is 3.80. The number of methoxy groups -OCH3 is 1. The molecule has 0 bridgehead atoms. The molecule has 0 saturated carbocycles. The van der Waals surface area contributed by atoms with Gasteiger partial charge in [0, 0.05) is 5.56 Å². The van der Waals surface area contributed by atoms with Crippen molar-refractivity contribution >= 4 is 5.78 Å². The molecule has 0 unspecified atom stereocenters. The van der Waals surface area contributed by atoms with Crippen LogP contribution in [0, 0.1) is 0 Å². The maximum absolute atomic E-state index is 11.6. The lowest BCUT2D eigenvalue weighted by molar-refractivity contribution is 0.104. The second-order valence-electron chi connectivity index (χ2n) is 3.32. The lowest BCUT2D eigenvalue weighted by Crippen LogP contribution is -1.95. The molecule has 0 saturated heterocycles. The number of hydrogen-bond donors (Lipinski definition) is 0. The predicted octanol–water partition coefficient (Wildman–Crippen LogP) is 2.84. The molecule has 0 radical (unpaired) electrons. The Morgan fingerprint density at radius 3 is 2.64 bits per heavy atom. The summed E-state index contributed by atoms with van der Waals surface area (Å²) in [4.78, 5) is 11.6. The first-order valence-electron chi connectivity index (χ1n) is 4.47. The molecule has 1 aromatic carbocycles. The lowest BCUT2D eigenvalue weighted by atomic mass is 10.1. The quantitative estimate of drug-likeness (QED) is 0.541. The van der Waals surface area contributed by atoms with E-state index in [0.29, 0.717) is 11.3 Å². The smallest absolute Gasteiger partial charge is 0.185 e. The van der Waals surface area contributed by atoms with Gasteiger partial charge in [0.05, 0.1) is 7.11 Å². The highest BCUT2D eigenvalue weighted by Gasteiger charge is 2.02. The standard InChI is InChI=1S/C12H14O2/c1-9(2)7-12(13)10-5-4-6-11(8-10)14-3/h4-8H,1-3H3. The Bertz CT molecular complexity index is 360. The Kier molecular flexibility index (Phi) is 3.46. The van der Waals surface area contributed by atoms with Gasteiger partial charge in [-0.15, -0.1) is 0 Å². The molecule has 0 amide bonds. The van der Waals surface area contributed by atoms with Crippen molar-refractivity contribution in [3.8, 4) is 5.75 Å². The normalized spacial score (nSPS) is 9.36. The molecule has 0 aliphatic carbocycles. The third-order valence-corrected chi connectivity index (χ3v) is 1.77. The maximum atomic E-state index is 11.6. The van der Waals surface area contributed by atoms with Gasteiger partial charge in [-0.05, 0) is 32.1 Å². The summed E-state index contributed by atoms with van der Waals surface area (Å²) in [5, 5.41) is 0. The van der Waals surface area contributed by atoms with Crippen LogP contribution in [0.4, 0.5) is 0 Å². The summed E-state index contributed by atoms with van der Waals surface area (Å²) in [6, 6.07) is 7.15. The number of allylic oxidation sites excluding steroid dienone is 2. The van der Waals surface area contributed by atoms with Gasteiger partial charge in [-0.3, -0.25) is 4.79 Å². The van der Waals surface area contributed by atoms with Crippen molar-refractivity contribution in [2.75, 3.05) is 7.11 Å². The van der Waals surface area contributed by atoms with Gasteiger partial charge < -0.3 is 4.74 Å². The van der Waals surface area contributed by atoms with E-state index in [9.17, 15) is 4.79 Å². The zero-order valence-corrected chi connectivity index (χ0v) is 8.70. The second kappa shape index (κ2) is 4.61. The van der Waals surface area contributed by atoms with E-state index in [0.717, 1.165) is 5.57 Å². The Hall–Kier alpha value is -1.57. The molecule has 0 fully saturated rings. The van der Waals surface area contributed by atoms with E-state index >= 15 is 0 Å². The highest BCUT2D eigenvalue weighted by Crippen LogP contribution is 2.13. The van der Waals surface area contributed by atoms with E-state index < -0.39 is 0 Å². The largest absolute Gasteiger partial charge is 0.497 e. The van der Waals surface area contributed by atoms with Crippen molar-refractivity contribution < 1.29 is 9.53 Å². The van der Waals surface area contributed by atoms with Crippen LogP contribution >= 0.6 is 0 Å². The van der Waals surface area contributed by atoms with Crippen LogP contribution in [0.1, 0.15) is 24.2 Å². The van der Waals surface area contributed by atoms with Crippen LogP contribution < -0.4 is 4.74 Å². The molecule has 1 aromatic rings. The molecule has 0 spiro atoms. The first-order valence-corrected chi connectivity index (χ1v) is 4.47. The Balaban J connectivity index is 2.96. The Labute approximate surface area is 84.2 Å². The van der Waals surface area contributed by atoms with Gasteiger partial charge in [-0.25, -0.2) is 0 Å². The molecule has 0 atom stereocenters. The van der Waals surface area contributed by atoms with Crippen molar-refractivity contribution in [2.45, 2.75) is 13.8 Å². The highest BCUT2D eigenvalue weighted by molar-refractivity contribution is 6.05. The van der Waals surface area contributed by atoms with Gasteiger partial charge in [0.15, 0.2) is 5.78 Å². The molecular weight excluding hydrogens is 176 g/mol. The van der Waals surface area contributed by atoms with Gasteiger partial charge in [-0.1, -0.05) is 17.7 Å². The summed E-state index contributed by atoms with van der Waals surface area (Å²) < 4.78 is 5.04. The molecule has 2 nitrogen and oxygen atoms in total.